The minimum Gasteiger partial charge on any atom is -0.378 e. The topological polar surface area (TPSA) is 51.2 Å². The summed E-state index contributed by atoms with van der Waals surface area (Å²) in [4.78, 5) is 17.2. The van der Waals surface area contributed by atoms with E-state index in [-0.39, 0.29) is 5.91 Å². The van der Waals surface area contributed by atoms with Crippen LogP contribution in [0.4, 0.5) is 0 Å². The second-order valence-electron chi connectivity index (χ2n) is 4.52. The van der Waals surface area contributed by atoms with Gasteiger partial charge in [-0.1, -0.05) is 30.3 Å². The van der Waals surface area contributed by atoms with Crippen molar-refractivity contribution in [3.63, 3.8) is 0 Å². The van der Waals surface area contributed by atoms with Gasteiger partial charge in [0.2, 0.25) is 5.91 Å². The summed E-state index contributed by atoms with van der Waals surface area (Å²) in [5.41, 5.74) is 1.92. The molecule has 0 bridgehead atoms. The van der Waals surface area contributed by atoms with Gasteiger partial charge >= 0.3 is 0 Å². The highest BCUT2D eigenvalue weighted by molar-refractivity contribution is 7.15. The highest BCUT2D eigenvalue weighted by Crippen LogP contribution is 2.30. The number of carbonyl (C=O) groups excluding carboxylic acids is 1. The smallest absolute Gasteiger partial charge is 0.238 e. The van der Waals surface area contributed by atoms with Crippen LogP contribution in [-0.2, 0) is 22.7 Å². The average Bonchev–Trinajstić information content (AvgIpc) is 2.89. The van der Waals surface area contributed by atoms with Crippen LogP contribution in [0.5, 0.6) is 0 Å². The summed E-state index contributed by atoms with van der Waals surface area (Å²) in [6.45, 7) is 2.47. The number of amides is 1. The van der Waals surface area contributed by atoms with Crippen molar-refractivity contribution in [1.82, 2.24) is 10.3 Å². The molecule has 21 heavy (non-hydrogen) atoms. The van der Waals surface area contributed by atoms with E-state index in [2.05, 4.69) is 10.3 Å². The Balaban J connectivity index is 2.24. The van der Waals surface area contributed by atoms with Crippen LogP contribution in [0.15, 0.2) is 30.3 Å². The number of ether oxygens (including phenoxy) is 1. The van der Waals surface area contributed by atoms with E-state index in [0.717, 1.165) is 21.1 Å². The van der Waals surface area contributed by atoms with E-state index in [4.69, 9.17) is 16.3 Å². The number of rotatable bonds is 6. The Hall–Kier alpha value is -1.43. The normalized spacial score (nSPS) is 12.1. The third-order valence-corrected chi connectivity index (χ3v) is 4.16. The summed E-state index contributed by atoms with van der Waals surface area (Å²) < 4.78 is 5.14. The zero-order valence-corrected chi connectivity index (χ0v) is 13.5. The third kappa shape index (κ3) is 4.27. The maximum Gasteiger partial charge on any atom is 0.238 e. The lowest BCUT2D eigenvalue weighted by Crippen LogP contribution is -2.29. The van der Waals surface area contributed by atoms with Crippen molar-refractivity contribution in [2.45, 2.75) is 25.5 Å². The highest BCUT2D eigenvalue weighted by Gasteiger charge is 2.15. The van der Waals surface area contributed by atoms with E-state index in [1.165, 1.54) is 0 Å². The summed E-state index contributed by atoms with van der Waals surface area (Å²) in [7, 11) is 1.64. The summed E-state index contributed by atoms with van der Waals surface area (Å²) >= 11 is 7.33. The number of hydrogen-bond acceptors (Lipinski definition) is 4. The lowest BCUT2D eigenvalue weighted by Gasteiger charge is -2.06. The zero-order chi connectivity index (χ0) is 15.2. The van der Waals surface area contributed by atoms with Crippen LogP contribution in [0.25, 0.3) is 10.4 Å². The molecule has 112 valence electrons. The molecule has 0 aliphatic carbocycles. The fourth-order valence-electron chi connectivity index (χ4n) is 1.83. The van der Waals surface area contributed by atoms with Gasteiger partial charge in [0.15, 0.2) is 0 Å². The molecule has 1 atom stereocenters. The van der Waals surface area contributed by atoms with Crippen molar-refractivity contribution in [3.8, 4) is 10.4 Å². The molecule has 0 spiro atoms. The fourth-order valence-corrected chi connectivity index (χ4v) is 2.97. The van der Waals surface area contributed by atoms with E-state index in [9.17, 15) is 4.79 Å². The maximum absolute atomic E-state index is 11.6. The number of nitrogens with zero attached hydrogens (tertiary/aromatic N) is 1. The lowest BCUT2D eigenvalue weighted by atomic mass is 10.1. The molecular weight excluding hydrogens is 308 g/mol. The van der Waals surface area contributed by atoms with Crippen LogP contribution in [0.1, 0.15) is 17.6 Å². The van der Waals surface area contributed by atoms with E-state index in [0.29, 0.717) is 13.2 Å². The Morgan fingerprint density at radius 1 is 1.43 bits per heavy atom. The van der Waals surface area contributed by atoms with Crippen LogP contribution < -0.4 is 5.32 Å². The number of methoxy groups -OCH3 is 1. The number of thiazole rings is 1. The third-order valence-electron chi connectivity index (χ3n) is 2.84. The van der Waals surface area contributed by atoms with Crippen molar-refractivity contribution in [3.05, 3.63) is 41.0 Å². The molecule has 0 saturated heterocycles. The molecule has 1 N–H and O–H groups in total. The molecule has 1 aromatic carbocycles. The lowest BCUT2D eigenvalue weighted by molar-refractivity contribution is -0.120. The first-order valence-electron chi connectivity index (χ1n) is 6.56. The van der Waals surface area contributed by atoms with Gasteiger partial charge in [-0.3, -0.25) is 4.79 Å². The Labute approximate surface area is 133 Å². The van der Waals surface area contributed by atoms with Crippen LogP contribution >= 0.6 is 22.9 Å². The molecule has 0 aliphatic rings. The SMILES string of the molecule is COCc1nc(CNC(=O)C(C)Cl)c(-c2ccccc2)s1. The van der Waals surface area contributed by atoms with Crippen LogP contribution in [0, 0.1) is 0 Å². The quantitative estimate of drug-likeness (QED) is 0.830. The van der Waals surface area contributed by atoms with Gasteiger partial charge in [0.05, 0.1) is 23.7 Å². The number of hydrogen-bond donors (Lipinski definition) is 1. The van der Waals surface area contributed by atoms with Gasteiger partial charge in [0.25, 0.3) is 0 Å². The molecular formula is C15H17ClN2O2S. The van der Waals surface area contributed by atoms with E-state index >= 15 is 0 Å². The summed E-state index contributed by atoms with van der Waals surface area (Å²) in [5.74, 6) is -0.197. The highest BCUT2D eigenvalue weighted by atomic mass is 35.5. The molecule has 0 aliphatic heterocycles. The molecule has 0 fully saturated rings. The molecule has 2 aromatic rings. The van der Waals surface area contributed by atoms with Crippen molar-refractivity contribution in [2.75, 3.05) is 7.11 Å². The standard InChI is InChI=1S/C15H17ClN2O2S/c1-10(16)15(19)17-8-12-14(11-6-4-3-5-7-11)21-13(18-12)9-20-2/h3-7,10H,8-9H2,1-2H3,(H,17,19). The van der Waals surface area contributed by atoms with Gasteiger partial charge in [-0.05, 0) is 12.5 Å². The minimum absolute atomic E-state index is 0.197. The van der Waals surface area contributed by atoms with E-state index < -0.39 is 5.38 Å². The molecule has 1 heterocycles. The van der Waals surface area contributed by atoms with Crippen LogP contribution in [0.2, 0.25) is 0 Å². The number of halogens is 1. The fraction of sp³-hybridized carbons (Fsp3) is 0.333. The van der Waals surface area contributed by atoms with Gasteiger partial charge in [0, 0.05) is 7.11 Å². The largest absolute Gasteiger partial charge is 0.378 e. The van der Waals surface area contributed by atoms with Gasteiger partial charge in [-0.2, -0.15) is 0 Å². The first-order chi connectivity index (χ1) is 10.1. The zero-order valence-electron chi connectivity index (χ0n) is 11.9. The van der Waals surface area contributed by atoms with Crippen molar-refractivity contribution in [1.29, 1.82) is 0 Å². The Bertz CT molecular complexity index is 599. The van der Waals surface area contributed by atoms with E-state index in [1.807, 2.05) is 30.3 Å². The molecule has 0 saturated carbocycles. The van der Waals surface area contributed by atoms with E-state index in [1.54, 1.807) is 25.4 Å². The number of benzene rings is 1. The monoisotopic (exact) mass is 324 g/mol. The van der Waals surface area contributed by atoms with Crippen molar-refractivity contribution in [2.24, 2.45) is 0 Å². The molecule has 1 unspecified atom stereocenters. The predicted molar refractivity (Wildman–Crippen MR) is 85.4 cm³/mol. The van der Waals surface area contributed by atoms with Gasteiger partial charge in [-0.25, -0.2) is 4.98 Å². The molecule has 2 rings (SSSR count). The summed E-state index contributed by atoms with van der Waals surface area (Å²) in [5, 5.41) is 3.13. The Morgan fingerprint density at radius 3 is 2.76 bits per heavy atom. The maximum atomic E-state index is 11.6. The number of nitrogens with one attached hydrogen (secondary N) is 1. The second-order valence-corrected chi connectivity index (χ2v) is 6.25. The number of aromatic nitrogens is 1. The first-order valence-corrected chi connectivity index (χ1v) is 7.82. The van der Waals surface area contributed by atoms with Crippen LogP contribution in [0.3, 0.4) is 0 Å². The second kappa shape index (κ2) is 7.54. The molecule has 1 amide bonds. The molecule has 4 nitrogen and oxygen atoms in total. The molecule has 6 heteroatoms. The first kappa shape index (κ1) is 15.9. The number of alkyl halides is 1. The van der Waals surface area contributed by atoms with Gasteiger partial charge in [0.1, 0.15) is 10.4 Å². The minimum atomic E-state index is -0.553. The van der Waals surface area contributed by atoms with Crippen LogP contribution in [-0.4, -0.2) is 23.4 Å². The Morgan fingerprint density at radius 2 is 2.14 bits per heavy atom. The van der Waals surface area contributed by atoms with Gasteiger partial charge < -0.3 is 10.1 Å². The van der Waals surface area contributed by atoms with Gasteiger partial charge in [-0.15, -0.1) is 22.9 Å². The van der Waals surface area contributed by atoms with Crippen molar-refractivity contribution >= 4 is 28.8 Å². The number of carbonyl (C=O) groups is 1. The van der Waals surface area contributed by atoms with Crippen molar-refractivity contribution < 1.29 is 9.53 Å². The average molecular weight is 325 g/mol. The Kier molecular flexibility index (Phi) is 5.73. The molecule has 0 radical (unpaired) electrons. The predicted octanol–water partition coefficient (Wildman–Crippen LogP) is 3.20. The summed E-state index contributed by atoms with van der Waals surface area (Å²) in [6.07, 6.45) is 0. The molecule has 1 aromatic heterocycles. The summed E-state index contributed by atoms with van der Waals surface area (Å²) in [6, 6.07) is 9.99.